The van der Waals surface area contributed by atoms with Crippen molar-refractivity contribution in [3.8, 4) is 0 Å². The summed E-state index contributed by atoms with van der Waals surface area (Å²) in [7, 11) is 1.47. The molecule has 1 aliphatic heterocycles. The van der Waals surface area contributed by atoms with Crippen LogP contribution in [0.2, 0.25) is 0 Å². The first-order valence-corrected chi connectivity index (χ1v) is 5.48. The molecule has 0 aromatic carbocycles. The number of hydrogen-bond acceptors (Lipinski definition) is 5. The van der Waals surface area contributed by atoms with Crippen molar-refractivity contribution in [1.82, 2.24) is 0 Å². The van der Waals surface area contributed by atoms with Gasteiger partial charge in [0.15, 0.2) is 0 Å². The number of rotatable bonds is 2. The van der Waals surface area contributed by atoms with Gasteiger partial charge in [-0.05, 0) is 5.41 Å². The number of methoxy groups -OCH3 is 1. The summed E-state index contributed by atoms with van der Waals surface area (Å²) in [5.41, 5.74) is -0.241. The fourth-order valence-electron chi connectivity index (χ4n) is 2.05. The summed E-state index contributed by atoms with van der Waals surface area (Å²) < 4.78 is 10.8. The molecule has 1 fully saturated rings. The highest BCUT2D eigenvalue weighted by molar-refractivity contribution is 4.97. The summed E-state index contributed by atoms with van der Waals surface area (Å²) in [6, 6.07) is 0. The zero-order valence-electron chi connectivity index (χ0n) is 10.3. The van der Waals surface area contributed by atoms with E-state index in [2.05, 4.69) is 0 Å². The van der Waals surface area contributed by atoms with E-state index >= 15 is 0 Å². The third kappa shape index (κ3) is 2.55. The largest absolute Gasteiger partial charge is 0.394 e. The second kappa shape index (κ2) is 4.98. The van der Waals surface area contributed by atoms with Gasteiger partial charge in [-0.1, -0.05) is 20.8 Å². The summed E-state index contributed by atoms with van der Waals surface area (Å²) in [6.45, 7) is 5.56. The molecule has 1 saturated heterocycles. The van der Waals surface area contributed by atoms with Crippen LogP contribution in [0.4, 0.5) is 0 Å². The van der Waals surface area contributed by atoms with Crippen molar-refractivity contribution in [1.29, 1.82) is 0 Å². The summed E-state index contributed by atoms with van der Waals surface area (Å²) in [6.07, 6.45) is -3.87. The van der Waals surface area contributed by atoms with E-state index in [1.165, 1.54) is 7.11 Å². The van der Waals surface area contributed by atoms with E-state index in [-0.39, 0.29) is 18.1 Å². The van der Waals surface area contributed by atoms with E-state index in [1.54, 1.807) is 0 Å². The highest BCUT2D eigenvalue weighted by atomic mass is 16.6. The smallest absolute Gasteiger partial charge is 0.112 e. The molecule has 5 heteroatoms. The van der Waals surface area contributed by atoms with Gasteiger partial charge in [0.25, 0.3) is 0 Å². The molecule has 0 aromatic rings. The van der Waals surface area contributed by atoms with Gasteiger partial charge < -0.3 is 24.8 Å². The molecular weight excluding hydrogens is 212 g/mol. The van der Waals surface area contributed by atoms with Crippen molar-refractivity contribution >= 4 is 0 Å². The average Bonchev–Trinajstić information content (AvgIpc) is 2.20. The zero-order chi connectivity index (χ0) is 12.5. The Kier molecular flexibility index (Phi) is 4.31. The van der Waals surface area contributed by atoms with Gasteiger partial charge in [-0.3, -0.25) is 0 Å². The first-order chi connectivity index (χ1) is 7.32. The van der Waals surface area contributed by atoms with Gasteiger partial charge in [-0.2, -0.15) is 0 Å². The van der Waals surface area contributed by atoms with Crippen LogP contribution in [0.5, 0.6) is 0 Å². The molecule has 0 saturated carbocycles. The van der Waals surface area contributed by atoms with Crippen LogP contribution in [-0.2, 0) is 9.47 Å². The van der Waals surface area contributed by atoms with Crippen LogP contribution in [0.1, 0.15) is 20.8 Å². The van der Waals surface area contributed by atoms with Crippen molar-refractivity contribution in [3.05, 3.63) is 0 Å². The van der Waals surface area contributed by atoms with E-state index < -0.39 is 24.4 Å². The molecule has 1 rings (SSSR count). The fraction of sp³-hybridized carbons (Fsp3) is 1.00. The number of ether oxygens (including phenoxy) is 2. The van der Waals surface area contributed by atoms with Crippen LogP contribution >= 0.6 is 0 Å². The molecule has 1 heterocycles. The molecule has 5 nitrogen and oxygen atoms in total. The van der Waals surface area contributed by atoms with Crippen molar-refractivity contribution < 1.29 is 24.8 Å². The van der Waals surface area contributed by atoms with Gasteiger partial charge in [0.05, 0.1) is 12.7 Å². The van der Waals surface area contributed by atoms with Crippen LogP contribution < -0.4 is 0 Å². The molecule has 5 atom stereocenters. The minimum Gasteiger partial charge on any atom is -0.394 e. The Hall–Kier alpha value is -0.200. The third-order valence-electron chi connectivity index (χ3n) is 2.99. The Balaban J connectivity index is 2.90. The number of aliphatic hydroxyl groups excluding tert-OH is 3. The monoisotopic (exact) mass is 234 g/mol. The van der Waals surface area contributed by atoms with Crippen LogP contribution in [0.3, 0.4) is 0 Å². The van der Waals surface area contributed by atoms with Gasteiger partial charge in [-0.25, -0.2) is 0 Å². The maximum absolute atomic E-state index is 9.91. The summed E-state index contributed by atoms with van der Waals surface area (Å²) in [5, 5.41) is 28.7. The molecule has 0 aliphatic carbocycles. The second-order valence-electron chi connectivity index (χ2n) is 5.33. The topological polar surface area (TPSA) is 79.2 Å². The second-order valence-corrected chi connectivity index (χ2v) is 5.33. The van der Waals surface area contributed by atoms with E-state index in [9.17, 15) is 10.2 Å². The quantitative estimate of drug-likeness (QED) is 0.602. The molecule has 0 amide bonds. The average molecular weight is 234 g/mol. The Morgan fingerprint density at radius 1 is 1.19 bits per heavy atom. The first-order valence-electron chi connectivity index (χ1n) is 5.48. The molecule has 16 heavy (non-hydrogen) atoms. The lowest BCUT2D eigenvalue weighted by molar-refractivity contribution is -0.256. The highest BCUT2D eigenvalue weighted by Crippen LogP contribution is 2.34. The Morgan fingerprint density at radius 2 is 1.75 bits per heavy atom. The van der Waals surface area contributed by atoms with Crippen molar-refractivity contribution in [2.45, 2.75) is 51.3 Å². The number of hydrogen-bond donors (Lipinski definition) is 3. The highest BCUT2D eigenvalue weighted by Gasteiger charge is 2.48. The molecule has 3 N–H and O–H groups in total. The lowest BCUT2D eigenvalue weighted by Crippen LogP contribution is -2.62. The van der Waals surface area contributed by atoms with Crippen molar-refractivity contribution in [3.63, 3.8) is 0 Å². The van der Waals surface area contributed by atoms with Crippen LogP contribution in [-0.4, -0.2) is 59.6 Å². The summed E-state index contributed by atoms with van der Waals surface area (Å²) in [5.74, 6) is 0. The SMILES string of the molecule is COC1C(O)C(O)C(CO)OC1C(C)(C)C. The molecule has 5 unspecified atom stereocenters. The lowest BCUT2D eigenvalue weighted by Gasteiger charge is -2.46. The van der Waals surface area contributed by atoms with Crippen molar-refractivity contribution in [2.75, 3.05) is 13.7 Å². The van der Waals surface area contributed by atoms with Gasteiger partial charge >= 0.3 is 0 Å². The predicted octanol–water partition coefficient (Wildman–Crippen LogP) is -0.471. The molecule has 0 bridgehead atoms. The zero-order valence-corrected chi connectivity index (χ0v) is 10.3. The molecule has 96 valence electrons. The van der Waals surface area contributed by atoms with Crippen molar-refractivity contribution in [2.24, 2.45) is 5.41 Å². The van der Waals surface area contributed by atoms with E-state index in [1.807, 2.05) is 20.8 Å². The molecule has 0 radical (unpaired) electrons. The minimum atomic E-state index is -1.12. The molecule has 1 aliphatic rings. The van der Waals surface area contributed by atoms with E-state index in [0.29, 0.717) is 0 Å². The molecule has 0 aromatic heterocycles. The Morgan fingerprint density at radius 3 is 2.12 bits per heavy atom. The lowest BCUT2D eigenvalue weighted by atomic mass is 9.80. The van der Waals surface area contributed by atoms with Crippen LogP contribution in [0.15, 0.2) is 0 Å². The van der Waals surface area contributed by atoms with Gasteiger partial charge in [0, 0.05) is 7.11 Å². The van der Waals surface area contributed by atoms with E-state index in [4.69, 9.17) is 14.6 Å². The minimum absolute atomic E-state index is 0.241. The van der Waals surface area contributed by atoms with E-state index in [0.717, 1.165) is 0 Å². The van der Waals surface area contributed by atoms with Gasteiger partial charge in [0.2, 0.25) is 0 Å². The fourth-order valence-corrected chi connectivity index (χ4v) is 2.05. The first kappa shape index (κ1) is 13.9. The Bertz CT molecular complexity index is 225. The maximum atomic E-state index is 9.91. The third-order valence-corrected chi connectivity index (χ3v) is 2.99. The standard InChI is InChI=1S/C11H22O5/c1-11(2,3)10-9(15-4)8(14)7(13)6(5-12)16-10/h6-10,12-14H,5H2,1-4H3. The Labute approximate surface area is 96.0 Å². The summed E-state index contributed by atoms with van der Waals surface area (Å²) in [4.78, 5) is 0. The molecule has 0 spiro atoms. The maximum Gasteiger partial charge on any atom is 0.112 e. The number of aliphatic hydroxyl groups is 3. The predicted molar refractivity (Wildman–Crippen MR) is 58.0 cm³/mol. The molecular formula is C11H22O5. The van der Waals surface area contributed by atoms with Gasteiger partial charge in [0.1, 0.15) is 24.4 Å². The van der Waals surface area contributed by atoms with Gasteiger partial charge in [-0.15, -0.1) is 0 Å². The van der Waals surface area contributed by atoms with Crippen LogP contribution in [0.25, 0.3) is 0 Å². The summed E-state index contributed by atoms with van der Waals surface area (Å²) >= 11 is 0. The van der Waals surface area contributed by atoms with Crippen LogP contribution in [0, 0.1) is 5.41 Å². The normalized spacial score (nSPS) is 41.1.